The van der Waals surface area contributed by atoms with Crippen molar-refractivity contribution in [1.82, 2.24) is 0 Å². The minimum atomic E-state index is -6.33. The first-order valence-electron chi connectivity index (χ1n) is 4.47. The number of alkyl halides is 5. The van der Waals surface area contributed by atoms with Crippen molar-refractivity contribution in [2.75, 3.05) is 0 Å². The molecule has 0 radical (unpaired) electrons. The first kappa shape index (κ1) is 16.2. The van der Waals surface area contributed by atoms with Gasteiger partial charge in [-0.1, -0.05) is 6.07 Å². The SMILES string of the molecule is O=[N+]([O-])c1cccc(S(=O)(=O)F)c1C(F)(F)C(F)(F)F. The van der Waals surface area contributed by atoms with Gasteiger partial charge in [-0.25, -0.2) is 0 Å². The largest absolute Gasteiger partial charge is 0.458 e. The lowest BCUT2D eigenvalue weighted by Crippen LogP contribution is -2.35. The molecule has 1 aromatic rings. The lowest BCUT2D eigenvalue weighted by atomic mass is 10.1. The van der Waals surface area contributed by atoms with Crippen molar-refractivity contribution in [3.8, 4) is 0 Å². The topological polar surface area (TPSA) is 77.3 Å². The van der Waals surface area contributed by atoms with Crippen LogP contribution in [0.5, 0.6) is 0 Å². The molecule has 5 nitrogen and oxygen atoms in total. The van der Waals surface area contributed by atoms with Gasteiger partial charge in [0, 0.05) is 6.07 Å². The highest BCUT2D eigenvalue weighted by Gasteiger charge is 2.63. The molecule has 1 rings (SSSR count). The summed E-state index contributed by atoms with van der Waals surface area (Å²) in [7, 11) is -6.02. The Bertz CT molecular complexity index is 653. The van der Waals surface area contributed by atoms with E-state index < -0.39 is 43.4 Å². The number of benzene rings is 1. The van der Waals surface area contributed by atoms with Crippen LogP contribution in [-0.4, -0.2) is 19.5 Å². The fourth-order valence-electron chi connectivity index (χ4n) is 1.33. The third-order valence-corrected chi connectivity index (χ3v) is 3.00. The van der Waals surface area contributed by atoms with Gasteiger partial charge in [0.1, 0.15) is 10.5 Å². The van der Waals surface area contributed by atoms with E-state index in [1.54, 1.807) is 0 Å². The summed E-state index contributed by atoms with van der Waals surface area (Å²) in [5, 5.41) is 10.5. The molecule has 12 heteroatoms. The van der Waals surface area contributed by atoms with Crippen molar-refractivity contribution in [1.29, 1.82) is 0 Å². The predicted molar refractivity (Wildman–Crippen MR) is 51.3 cm³/mol. The van der Waals surface area contributed by atoms with Crippen LogP contribution < -0.4 is 0 Å². The summed E-state index contributed by atoms with van der Waals surface area (Å²) in [4.78, 5) is 6.70. The zero-order chi connectivity index (χ0) is 15.9. The van der Waals surface area contributed by atoms with Crippen LogP contribution >= 0.6 is 0 Å². The Balaban J connectivity index is 3.88. The Labute approximate surface area is 107 Å². The first-order valence-corrected chi connectivity index (χ1v) is 5.85. The molecule has 0 atom stereocenters. The Morgan fingerprint density at radius 2 is 1.60 bits per heavy atom. The van der Waals surface area contributed by atoms with E-state index in [9.17, 15) is 44.4 Å². The molecule has 0 amide bonds. The van der Waals surface area contributed by atoms with E-state index >= 15 is 0 Å². The van der Waals surface area contributed by atoms with E-state index in [2.05, 4.69) is 0 Å². The van der Waals surface area contributed by atoms with Crippen molar-refractivity contribution in [3.05, 3.63) is 33.9 Å². The van der Waals surface area contributed by atoms with Crippen molar-refractivity contribution in [2.24, 2.45) is 0 Å². The second kappa shape index (κ2) is 4.61. The number of nitro groups is 1. The van der Waals surface area contributed by atoms with E-state index in [1.807, 2.05) is 0 Å². The normalized spacial score (nSPS) is 13.3. The first-order chi connectivity index (χ1) is 8.80. The van der Waals surface area contributed by atoms with Crippen molar-refractivity contribution >= 4 is 15.9 Å². The Morgan fingerprint density at radius 3 is 1.95 bits per heavy atom. The highest BCUT2D eigenvalue weighted by Crippen LogP contribution is 2.49. The summed E-state index contributed by atoms with van der Waals surface area (Å²) in [6.45, 7) is 0. The molecule has 0 heterocycles. The molecule has 0 bridgehead atoms. The minimum absolute atomic E-state index is 0.0807. The molecule has 1 aromatic carbocycles. The van der Waals surface area contributed by atoms with Crippen LogP contribution in [-0.2, 0) is 16.1 Å². The number of rotatable bonds is 3. The van der Waals surface area contributed by atoms with Crippen LogP contribution in [0, 0.1) is 10.1 Å². The second-order valence-electron chi connectivity index (χ2n) is 3.42. The van der Waals surface area contributed by atoms with Gasteiger partial charge < -0.3 is 0 Å². The van der Waals surface area contributed by atoms with E-state index in [-0.39, 0.29) is 12.1 Å². The second-order valence-corrected chi connectivity index (χ2v) is 4.73. The van der Waals surface area contributed by atoms with Crippen molar-refractivity contribution in [2.45, 2.75) is 17.0 Å². The van der Waals surface area contributed by atoms with E-state index in [1.165, 1.54) is 0 Å². The van der Waals surface area contributed by atoms with Gasteiger partial charge in [-0.05, 0) is 6.07 Å². The molecule has 0 saturated carbocycles. The summed E-state index contributed by atoms with van der Waals surface area (Å²) in [5.74, 6) is -5.91. The third-order valence-electron chi connectivity index (χ3n) is 2.13. The molecule has 0 aliphatic rings. The van der Waals surface area contributed by atoms with Gasteiger partial charge in [0.05, 0.1) is 4.92 Å². The average Bonchev–Trinajstić information content (AvgIpc) is 2.25. The van der Waals surface area contributed by atoms with Crippen molar-refractivity contribution < 1.29 is 39.2 Å². The van der Waals surface area contributed by atoms with E-state index in [0.717, 1.165) is 0 Å². The molecule has 0 spiro atoms. The van der Waals surface area contributed by atoms with Gasteiger partial charge in [-0.3, -0.25) is 10.1 Å². The Morgan fingerprint density at radius 1 is 1.10 bits per heavy atom. The van der Waals surface area contributed by atoms with Gasteiger partial charge in [-0.2, -0.15) is 30.4 Å². The van der Waals surface area contributed by atoms with Gasteiger partial charge in [0.15, 0.2) is 0 Å². The van der Waals surface area contributed by atoms with Gasteiger partial charge in [0.25, 0.3) is 5.69 Å². The number of hydrogen-bond donors (Lipinski definition) is 0. The number of halogens is 6. The maximum Gasteiger partial charge on any atom is 0.458 e. The van der Waals surface area contributed by atoms with Gasteiger partial charge in [0.2, 0.25) is 0 Å². The van der Waals surface area contributed by atoms with E-state index in [0.29, 0.717) is 6.07 Å². The predicted octanol–water partition coefficient (Wildman–Crippen LogP) is 2.91. The molecule has 0 unspecified atom stereocenters. The highest BCUT2D eigenvalue weighted by molar-refractivity contribution is 7.86. The van der Waals surface area contributed by atoms with Crippen LogP contribution in [0.15, 0.2) is 23.1 Å². The zero-order valence-electron chi connectivity index (χ0n) is 8.99. The molecule has 0 aromatic heterocycles. The molecule has 112 valence electrons. The third kappa shape index (κ3) is 2.69. The van der Waals surface area contributed by atoms with Crippen LogP contribution in [0.4, 0.5) is 31.5 Å². The Kier molecular flexibility index (Phi) is 3.74. The zero-order valence-corrected chi connectivity index (χ0v) is 9.80. The van der Waals surface area contributed by atoms with Gasteiger partial charge >= 0.3 is 22.3 Å². The van der Waals surface area contributed by atoms with Crippen LogP contribution in [0.3, 0.4) is 0 Å². The van der Waals surface area contributed by atoms with Crippen molar-refractivity contribution in [3.63, 3.8) is 0 Å². The molecule has 0 N–H and O–H groups in total. The summed E-state index contributed by atoms with van der Waals surface area (Å²) in [6, 6.07) is 0.765. The maximum atomic E-state index is 13.2. The molecule has 0 fully saturated rings. The van der Waals surface area contributed by atoms with Gasteiger partial charge in [-0.15, -0.1) is 3.89 Å². The Hall–Kier alpha value is -1.85. The number of nitro benzene ring substituents is 1. The summed E-state index contributed by atoms with van der Waals surface area (Å²) in [5.41, 5.74) is -4.41. The summed E-state index contributed by atoms with van der Waals surface area (Å²) >= 11 is 0. The number of hydrogen-bond acceptors (Lipinski definition) is 4. The van der Waals surface area contributed by atoms with Crippen LogP contribution in [0.25, 0.3) is 0 Å². The number of nitrogens with zero attached hydrogens (tertiary/aromatic N) is 1. The molecule has 0 saturated heterocycles. The summed E-state index contributed by atoms with van der Waals surface area (Å²) < 4.78 is 97.2. The average molecular weight is 323 g/mol. The van der Waals surface area contributed by atoms with Crippen LogP contribution in [0.2, 0.25) is 0 Å². The fraction of sp³-hybridized carbons (Fsp3) is 0.250. The smallest absolute Gasteiger partial charge is 0.258 e. The molecule has 0 aliphatic carbocycles. The van der Waals surface area contributed by atoms with Crippen LogP contribution in [0.1, 0.15) is 5.56 Å². The molecular formula is C8H3F6NO4S. The minimum Gasteiger partial charge on any atom is -0.258 e. The standard InChI is InChI=1S/C8H3F6NO4S/c9-7(10,8(11,12)13)6-4(15(16)17)2-1-3-5(6)20(14,18)19/h1-3H. The van der Waals surface area contributed by atoms with E-state index in [4.69, 9.17) is 0 Å². The summed E-state index contributed by atoms with van der Waals surface area (Å²) in [6.07, 6.45) is -6.33. The fourth-order valence-corrected chi connectivity index (χ4v) is 2.05. The monoisotopic (exact) mass is 323 g/mol. The molecule has 20 heavy (non-hydrogen) atoms. The lowest BCUT2D eigenvalue weighted by Gasteiger charge is -2.21. The molecule has 0 aliphatic heterocycles. The molecular weight excluding hydrogens is 320 g/mol. The quantitative estimate of drug-likeness (QED) is 0.371. The maximum absolute atomic E-state index is 13.2. The highest BCUT2D eigenvalue weighted by atomic mass is 32.3. The lowest BCUT2D eigenvalue weighted by molar-refractivity contribution is -0.390.